The van der Waals surface area contributed by atoms with Crippen molar-refractivity contribution in [1.82, 2.24) is 9.78 Å². The third-order valence-corrected chi connectivity index (χ3v) is 4.92. The van der Waals surface area contributed by atoms with E-state index in [0.29, 0.717) is 35.2 Å². The van der Waals surface area contributed by atoms with Gasteiger partial charge in [0.2, 0.25) is 5.91 Å². The Labute approximate surface area is 167 Å². The lowest BCUT2D eigenvalue weighted by molar-refractivity contribution is -0.117. The molecule has 3 aromatic rings. The van der Waals surface area contributed by atoms with E-state index in [1.165, 1.54) is 4.68 Å². The van der Waals surface area contributed by atoms with Crippen LogP contribution >= 0.6 is 0 Å². The molecule has 1 aromatic heterocycles. The number of carbonyl (C=O) groups is 2. The summed E-state index contributed by atoms with van der Waals surface area (Å²) < 4.78 is 6.85. The molecule has 0 radical (unpaired) electrons. The highest BCUT2D eigenvalue weighted by Gasteiger charge is 2.23. The van der Waals surface area contributed by atoms with Gasteiger partial charge >= 0.3 is 5.97 Å². The summed E-state index contributed by atoms with van der Waals surface area (Å²) in [5.74, 6) is -0.272. The summed E-state index contributed by atoms with van der Waals surface area (Å²) in [6, 6.07) is 13.5. The SMILES string of the molecule is CC(C)n1nc(C(=O)Oc2cccc(N3CCCC3=O)c2)c2ccccc2c1=O. The number of rotatable bonds is 4. The fraction of sp³-hybridized carbons (Fsp3) is 0.273. The van der Waals surface area contributed by atoms with Gasteiger partial charge in [0.1, 0.15) is 5.75 Å². The molecule has 1 aliphatic heterocycles. The molecule has 1 fully saturated rings. The van der Waals surface area contributed by atoms with E-state index in [-0.39, 0.29) is 23.2 Å². The minimum atomic E-state index is -0.652. The summed E-state index contributed by atoms with van der Waals surface area (Å²) in [6.07, 6.45) is 1.34. The largest absolute Gasteiger partial charge is 0.422 e. The molecule has 148 valence electrons. The number of aromatic nitrogens is 2. The molecule has 0 N–H and O–H groups in total. The molecule has 7 heteroatoms. The first kappa shape index (κ1) is 18.9. The highest BCUT2D eigenvalue weighted by Crippen LogP contribution is 2.26. The fourth-order valence-corrected chi connectivity index (χ4v) is 3.50. The molecular formula is C22H21N3O4. The Morgan fingerprint density at radius 1 is 1.07 bits per heavy atom. The fourth-order valence-electron chi connectivity index (χ4n) is 3.50. The topological polar surface area (TPSA) is 81.5 Å². The quantitative estimate of drug-likeness (QED) is 0.503. The second-order valence-corrected chi connectivity index (χ2v) is 7.27. The molecule has 0 bridgehead atoms. The van der Waals surface area contributed by atoms with E-state index >= 15 is 0 Å². The maximum atomic E-state index is 12.9. The van der Waals surface area contributed by atoms with E-state index in [1.54, 1.807) is 47.4 Å². The smallest absolute Gasteiger partial charge is 0.364 e. The van der Waals surface area contributed by atoms with Crippen LogP contribution < -0.4 is 15.2 Å². The lowest BCUT2D eigenvalue weighted by Crippen LogP contribution is -2.28. The maximum absolute atomic E-state index is 12.9. The highest BCUT2D eigenvalue weighted by molar-refractivity contribution is 6.03. The van der Waals surface area contributed by atoms with Crippen molar-refractivity contribution < 1.29 is 14.3 Å². The number of anilines is 1. The highest BCUT2D eigenvalue weighted by atomic mass is 16.5. The van der Waals surface area contributed by atoms with Gasteiger partial charge in [-0.15, -0.1) is 0 Å². The van der Waals surface area contributed by atoms with E-state index in [2.05, 4.69) is 5.10 Å². The Morgan fingerprint density at radius 3 is 2.52 bits per heavy atom. The van der Waals surface area contributed by atoms with Crippen molar-refractivity contribution in [2.45, 2.75) is 32.7 Å². The van der Waals surface area contributed by atoms with Gasteiger partial charge in [-0.25, -0.2) is 9.48 Å². The van der Waals surface area contributed by atoms with Crippen LogP contribution in [0, 0.1) is 0 Å². The van der Waals surface area contributed by atoms with Gasteiger partial charge in [0.05, 0.1) is 11.4 Å². The lowest BCUT2D eigenvalue weighted by atomic mass is 10.1. The Morgan fingerprint density at radius 2 is 1.83 bits per heavy atom. The van der Waals surface area contributed by atoms with Gasteiger partial charge in [-0.05, 0) is 38.5 Å². The molecule has 2 aromatic carbocycles. The molecule has 0 unspecified atom stereocenters. The standard InChI is InChI=1S/C22H21N3O4/c1-14(2)25-21(27)18-10-4-3-9-17(18)20(23-25)22(28)29-16-8-5-7-15(13-16)24-12-6-11-19(24)26/h3-5,7-10,13-14H,6,11-12H2,1-2H3. The van der Waals surface area contributed by atoms with Crippen molar-refractivity contribution in [1.29, 1.82) is 0 Å². The van der Waals surface area contributed by atoms with Gasteiger partial charge in [0, 0.05) is 30.1 Å². The van der Waals surface area contributed by atoms with Crippen LogP contribution in [0.5, 0.6) is 5.75 Å². The number of hydrogen-bond donors (Lipinski definition) is 0. The van der Waals surface area contributed by atoms with Gasteiger partial charge in [0.25, 0.3) is 5.56 Å². The van der Waals surface area contributed by atoms with E-state index in [9.17, 15) is 14.4 Å². The molecule has 2 heterocycles. The first-order valence-electron chi connectivity index (χ1n) is 9.60. The maximum Gasteiger partial charge on any atom is 0.364 e. The summed E-state index contributed by atoms with van der Waals surface area (Å²) in [5, 5.41) is 5.14. The van der Waals surface area contributed by atoms with Gasteiger partial charge in [-0.3, -0.25) is 9.59 Å². The molecular weight excluding hydrogens is 370 g/mol. The van der Waals surface area contributed by atoms with E-state index in [0.717, 1.165) is 6.42 Å². The van der Waals surface area contributed by atoms with Crippen molar-refractivity contribution >= 4 is 28.3 Å². The van der Waals surface area contributed by atoms with Crippen molar-refractivity contribution in [3.05, 3.63) is 64.6 Å². The third kappa shape index (κ3) is 3.51. The zero-order valence-corrected chi connectivity index (χ0v) is 16.3. The van der Waals surface area contributed by atoms with Crippen molar-refractivity contribution in [3.63, 3.8) is 0 Å². The lowest BCUT2D eigenvalue weighted by Gasteiger charge is -2.16. The monoisotopic (exact) mass is 391 g/mol. The number of nitrogens with zero attached hydrogens (tertiary/aromatic N) is 3. The summed E-state index contributed by atoms with van der Waals surface area (Å²) >= 11 is 0. The number of benzene rings is 2. The molecule has 1 saturated heterocycles. The van der Waals surface area contributed by atoms with Crippen LogP contribution in [0.3, 0.4) is 0 Å². The number of amides is 1. The zero-order chi connectivity index (χ0) is 20.5. The zero-order valence-electron chi connectivity index (χ0n) is 16.3. The summed E-state index contributed by atoms with van der Waals surface area (Å²) in [4.78, 5) is 39.2. The van der Waals surface area contributed by atoms with Gasteiger partial charge in [0.15, 0.2) is 5.69 Å². The molecule has 0 spiro atoms. The Balaban J connectivity index is 1.71. The second-order valence-electron chi connectivity index (χ2n) is 7.27. The number of carbonyl (C=O) groups excluding carboxylic acids is 2. The van der Waals surface area contributed by atoms with Gasteiger partial charge < -0.3 is 9.64 Å². The number of ether oxygens (including phenoxy) is 1. The minimum absolute atomic E-state index is 0.0603. The van der Waals surface area contributed by atoms with Crippen LogP contribution in [0.4, 0.5) is 5.69 Å². The van der Waals surface area contributed by atoms with E-state index in [4.69, 9.17) is 4.74 Å². The Bertz CT molecular complexity index is 1170. The normalized spacial score (nSPS) is 14.0. The minimum Gasteiger partial charge on any atom is -0.422 e. The Hall–Kier alpha value is -3.48. The molecule has 4 rings (SSSR count). The number of esters is 1. The van der Waals surface area contributed by atoms with Crippen LogP contribution in [0.1, 0.15) is 43.2 Å². The van der Waals surface area contributed by atoms with Gasteiger partial charge in [-0.2, -0.15) is 5.10 Å². The summed E-state index contributed by atoms with van der Waals surface area (Å²) in [5.41, 5.74) is 0.529. The van der Waals surface area contributed by atoms with Crippen molar-refractivity contribution in [3.8, 4) is 5.75 Å². The molecule has 0 aliphatic carbocycles. The molecule has 0 atom stereocenters. The van der Waals surface area contributed by atoms with Crippen LogP contribution in [-0.4, -0.2) is 28.2 Å². The van der Waals surface area contributed by atoms with E-state index < -0.39 is 5.97 Å². The number of fused-ring (bicyclic) bond motifs is 1. The molecule has 29 heavy (non-hydrogen) atoms. The summed E-state index contributed by atoms with van der Waals surface area (Å²) in [6.45, 7) is 4.31. The van der Waals surface area contributed by atoms with Gasteiger partial charge in [-0.1, -0.05) is 24.3 Å². The molecule has 7 nitrogen and oxygen atoms in total. The predicted octanol–water partition coefficient (Wildman–Crippen LogP) is 3.32. The van der Waals surface area contributed by atoms with Crippen molar-refractivity contribution in [2.75, 3.05) is 11.4 Å². The van der Waals surface area contributed by atoms with Crippen LogP contribution in [-0.2, 0) is 4.79 Å². The Kier molecular flexibility index (Phi) is 4.88. The predicted molar refractivity (Wildman–Crippen MR) is 109 cm³/mol. The van der Waals surface area contributed by atoms with Crippen LogP contribution in [0.15, 0.2) is 53.3 Å². The van der Waals surface area contributed by atoms with E-state index in [1.807, 2.05) is 19.9 Å². The summed E-state index contributed by atoms with van der Waals surface area (Å²) in [7, 11) is 0. The van der Waals surface area contributed by atoms with Crippen molar-refractivity contribution in [2.24, 2.45) is 0 Å². The molecule has 1 amide bonds. The second kappa shape index (κ2) is 7.50. The first-order chi connectivity index (χ1) is 14.0. The average Bonchev–Trinajstić information content (AvgIpc) is 3.14. The third-order valence-electron chi connectivity index (χ3n) is 4.92. The average molecular weight is 391 g/mol. The molecule has 1 aliphatic rings. The van der Waals surface area contributed by atoms with Crippen LogP contribution in [0.25, 0.3) is 10.8 Å². The molecule has 0 saturated carbocycles. The number of hydrogen-bond acceptors (Lipinski definition) is 5. The van der Waals surface area contributed by atoms with Crippen LogP contribution in [0.2, 0.25) is 0 Å². The first-order valence-corrected chi connectivity index (χ1v) is 9.60.